The van der Waals surface area contributed by atoms with Crippen molar-refractivity contribution in [3.8, 4) is 5.75 Å². The lowest BCUT2D eigenvalue weighted by atomic mass is 10.1. The highest BCUT2D eigenvalue weighted by Crippen LogP contribution is 2.26. The number of nitrogen functional groups attached to an aromatic ring is 1. The van der Waals surface area contributed by atoms with Crippen molar-refractivity contribution in [3.05, 3.63) is 58.8 Å². The number of aromatic nitrogens is 2. The molecule has 3 N–H and O–H groups in total. The number of nitrogens with two attached hydrogens (primary N) is 1. The Morgan fingerprint density at radius 2 is 1.96 bits per heavy atom. The Labute approximate surface area is 143 Å². The van der Waals surface area contributed by atoms with Gasteiger partial charge in [-0.15, -0.1) is 0 Å². The van der Waals surface area contributed by atoms with Crippen molar-refractivity contribution in [2.24, 2.45) is 5.73 Å². The van der Waals surface area contributed by atoms with Gasteiger partial charge in [-0.2, -0.15) is 5.10 Å². The van der Waals surface area contributed by atoms with Crippen LogP contribution in [0.25, 0.3) is 10.9 Å². The summed E-state index contributed by atoms with van der Waals surface area (Å²) in [6.07, 6.45) is 0. The number of rotatable bonds is 5. The summed E-state index contributed by atoms with van der Waals surface area (Å²) < 4.78 is 35.3. The lowest BCUT2D eigenvalue weighted by Gasteiger charge is -2.10. The molecule has 1 aromatic heterocycles. The number of halogens is 2. The second-order valence-electron chi connectivity index (χ2n) is 5.69. The van der Waals surface area contributed by atoms with E-state index in [1.165, 1.54) is 4.68 Å². The molecule has 0 bridgehead atoms. The molecule has 0 amide bonds. The summed E-state index contributed by atoms with van der Waals surface area (Å²) in [7, 11) is 0. The molecule has 0 aliphatic rings. The predicted octanol–water partition coefficient (Wildman–Crippen LogP) is 3.35. The highest BCUT2D eigenvalue weighted by Gasteiger charge is 2.18. The average molecular weight is 344 g/mol. The molecule has 130 valence electrons. The van der Waals surface area contributed by atoms with Gasteiger partial charge in [0.05, 0.1) is 18.7 Å². The molecule has 0 unspecified atom stereocenters. The van der Waals surface area contributed by atoms with Gasteiger partial charge in [0.15, 0.2) is 0 Å². The third kappa shape index (κ3) is 3.05. The minimum Gasteiger partial charge on any atom is -0.494 e. The van der Waals surface area contributed by atoms with Gasteiger partial charge >= 0.3 is 0 Å². The first-order valence-corrected chi connectivity index (χ1v) is 7.83. The monoisotopic (exact) mass is 344 g/mol. The van der Waals surface area contributed by atoms with E-state index in [1.807, 2.05) is 19.1 Å². The molecule has 0 fully saturated rings. The van der Waals surface area contributed by atoms with Crippen LogP contribution in [0.5, 0.6) is 5.75 Å². The van der Waals surface area contributed by atoms with E-state index in [2.05, 4.69) is 5.10 Å². The summed E-state index contributed by atoms with van der Waals surface area (Å²) in [5.74, 6) is -1.45. The zero-order chi connectivity index (χ0) is 18.1. The van der Waals surface area contributed by atoms with Gasteiger partial charge in [0.2, 0.25) is 0 Å². The van der Waals surface area contributed by atoms with Gasteiger partial charge in [-0.25, -0.2) is 8.78 Å². The van der Waals surface area contributed by atoms with Gasteiger partial charge in [-0.1, -0.05) is 12.1 Å². The first-order valence-electron chi connectivity index (χ1n) is 7.83. The Kier molecular flexibility index (Phi) is 4.39. The SMILES string of the molecule is CCOc1cc(F)c(Cn2nc(C(=N)N)c3c(C)cccc32)c(F)c1. The lowest BCUT2D eigenvalue weighted by molar-refractivity contribution is 0.335. The Morgan fingerprint density at radius 1 is 1.28 bits per heavy atom. The summed E-state index contributed by atoms with van der Waals surface area (Å²) >= 11 is 0. The summed E-state index contributed by atoms with van der Waals surface area (Å²) in [6, 6.07) is 7.80. The lowest BCUT2D eigenvalue weighted by Crippen LogP contribution is -2.14. The standard InChI is InChI=1S/C18H18F2N4O/c1-3-25-11-7-13(19)12(14(20)8-11)9-24-15-6-4-5-10(2)16(15)17(23-24)18(21)22/h4-8H,3,9H2,1-2H3,(H3,21,22). The van der Waals surface area contributed by atoms with E-state index in [0.717, 1.165) is 17.7 Å². The molecule has 0 saturated carbocycles. The number of nitrogens with one attached hydrogen (secondary N) is 1. The van der Waals surface area contributed by atoms with Gasteiger partial charge in [0, 0.05) is 23.1 Å². The third-order valence-corrected chi connectivity index (χ3v) is 3.97. The molecule has 7 heteroatoms. The number of benzene rings is 2. The summed E-state index contributed by atoms with van der Waals surface area (Å²) in [4.78, 5) is 0. The normalized spacial score (nSPS) is 11.0. The molecule has 0 radical (unpaired) electrons. The summed E-state index contributed by atoms with van der Waals surface area (Å²) in [6.45, 7) is 3.82. The highest BCUT2D eigenvalue weighted by molar-refractivity contribution is 6.06. The number of amidine groups is 1. The van der Waals surface area contributed by atoms with Gasteiger partial charge in [-0.3, -0.25) is 10.1 Å². The van der Waals surface area contributed by atoms with Crippen molar-refractivity contribution in [2.75, 3.05) is 6.61 Å². The van der Waals surface area contributed by atoms with Crippen molar-refractivity contribution in [1.29, 1.82) is 5.41 Å². The molecule has 0 aliphatic carbocycles. The van der Waals surface area contributed by atoms with Gasteiger partial charge < -0.3 is 10.5 Å². The van der Waals surface area contributed by atoms with E-state index < -0.39 is 11.6 Å². The molecule has 3 aromatic rings. The molecule has 3 rings (SSSR count). The van der Waals surface area contributed by atoms with Crippen LogP contribution < -0.4 is 10.5 Å². The summed E-state index contributed by atoms with van der Waals surface area (Å²) in [5.41, 5.74) is 7.35. The van der Waals surface area contributed by atoms with Crippen molar-refractivity contribution in [1.82, 2.24) is 9.78 Å². The number of hydrogen-bond donors (Lipinski definition) is 2. The molecular weight excluding hydrogens is 326 g/mol. The number of hydrogen-bond acceptors (Lipinski definition) is 3. The fourth-order valence-electron chi connectivity index (χ4n) is 2.84. The van der Waals surface area contributed by atoms with Crippen molar-refractivity contribution in [2.45, 2.75) is 20.4 Å². The largest absolute Gasteiger partial charge is 0.494 e. The molecule has 2 aromatic carbocycles. The topological polar surface area (TPSA) is 76.9 Å². The van der Waals surface area contributed by atoms with Crippen LogP contribution in [0.15, 0.2) is 30.3 Å². The average Bonchev–Trinajstić information content (AvgIpc) is 2.92. The zero-order valence-corrected chi connectivity index (χ0v) is 13.9. The highest BCUT2D eigenvalue weighted by atomic mass is 19.1. The van der Waals surface area contributed by atoms with Gasteiger partial charge in [0.25, 0.3) is 0 Å². The molecular formula is C18H18F2N4O. The van der Waals surface area contributed by atoms with E-state index in [1.54, 1.807) is 13.0 Å². The number of fused-ring (bicyclic) bond motifs is 1. The molecule has 0 atom stereocenters. The number of ether oxygens (including phenoxy) is 1. The number of nitrogens with zero attached hydrogens (tertiary/aromatic N) is 2. The van der Waals surface area contributed by atoms with Crippen LogP contribution in [0, 0.1) is 24.0 Å². The second-order valence-corrected chi connectivity index (χ2v) is 5.69. The second kappa shape index (κ2) is 6.51. The maximum atomic E-state index is 14.3. The third-order valence-electron chi connectivity index (χ3n) is 3.97. The van der Waals surface area contributed by atoms with Crippen LogP contribution in [0.1, 0.15) is 23.7 Å². The first-order chi connectivity index (χ1) is 11.9. The minimum absolute atomic E-state index is 0.114. The smallest absolute Gasteiger partial charge is 0.144 e. The maximum absolute atomic E-state index is 14.3. The molecule has 5 nitrogen and oxygen atoms in total. The Bertz CT molecular complexity index is 942. The van der Waals surface area contributed by atoms with Crippen LogP contribution in [0.3, 0.4) is 0 Å². The van der Waals surface area contributed by atoms with Crippen molar-refractivity contribution < 1.29 is 13.5 Å². The maximum Gasteiger partial charge on any atom is 0.144 e. The molecule has 0 spiro atoms. The fraction of sp³-hybridized carbons (Fsp3) is 0.222. The first kappa shape index (κ1) is 16.9. The Hall–Kier alpha value is -2.96. The van der Waals surface area contributed by atoms with Crippen LogP contribution in [-0.2, 0) is 6.54 Å². The molecule has 1 heterocycles. The quantitative estimate of drug-likeness (QED) is 0.550. The van der Waals surface area contributed by atoms with Crippen LogP contribution in [-0.4, -0.2) is 22.2 Å². The van der Waals surface area contributed by atoms with Crippen molar-refractivity contribution in [3.63, 3.8) is 0 Å². The van der Waals surface area contributed by atoms with Gasteiger partial charge in [-0.05, 0) is 25.5 Å². The van der Waals surface area contributed by atoms with E-state index >= 15 is 0 Å². The van der Waals surface area contributed by atoms with E-state index in [-0.39, 0.29) is 23.7 Å². The van der Waals surface area contributed by atoms with Crippen LogP contribution in [0.2, 0.25) is 0 Å². The molecule has 25 heavy (non-hydrogen) atoms. The number of aryl methyl sites for hydroxylation is 1. The minimum atomic E-state index is -0.705. The van der Waals surface area contributed by atoms with Crippen LogP contribution >= 0.6 is 0 Å². The van der Waals surface area contributed by atoms with Crippen molar-refractivity contribution >= 4 is 16.7 Å². The summed E-state index contributed by atoms with van der Waals surface area (Å²) in [5, 5.41) is 12.7. The van der Waals surface area contributed by atoms with E-state index in [0.29, 0.717) is 23.2 Å². The molecule has 0 saturated heterocycles. The molecule has 0 aliphatic heterocycles. The Balaban J connectivity index is 2.10. The van der Waals surface area contributed by atoms with E-state index in [9.17, 15) is 8.78 Å². The Morgan fingerprint density at radius 3 is 2.56 bits per heavy atom. The fourth-order valence-corrected chi connectivity index (χ4v) is 2.84. The zero-order valence-electron chi connectivity index (χ0n) is 13.9. The van der Waals surface area contributed by atoms with Gasteiger partial charge in [0.1, 0.15) is 28.9 Å². The predicted molar refractivity (Wildman–Crippen MR) is 92.1 cm³/mol. The van der Waals surface area contributed by atoms with Crippen LogP contribution in [0.4, 0.5) is 8.78 Å². The van der Waals surface area contributed by atoms with E-state index in [4.69, 9.17) is 15.9 Å².